The minimum atomic E-state index is -3.54. The largest absolute Gasteiger partial charge is 0.355 e. The number of hydrogen-bond acceptors (Lipinski definition) is 3. The summed E-state index contributed by atoms with van der Waals surface area (Å²) in [5.74, 6) is -0.232. The topological polar surface area (TPSA) is 82.3 Å². The van der Waals surface area contributed by atoms with Gasteiger partial charge in [0.1, 0.15) is 0 Å². The molecule has 0 radical (unpaired) electrons. The van der Waals surface area contributed by atoms with E-state index in [1.165, 1.54) is 4.31 Å². The standard InChI is InChI=1S/C21H19N3O3S/c25-21-18(12-15-11-14-5-1-2-6-19(14)22-15)17-13-16(7-8-20(17)23-21)28(26,27)24-9-3-4-10-24/h1-2,5-8,11-13,22H,3-4,9-10H2,(H,23,25). The number of hydrogen-bond donors (Lipinski definition) is 2. The highest BCUT2D eigenvalue weighted by atomic mass is 32.2. The lowest BCUT2D eigenvalue weighted by Crippen LogP contribution is -2.27. The molecule has 2 aromatic carbocycles. The number of fused-ring (bicyclic) bond motifs is 2. The molecule has 28 heavy (non-hydrogen) atoms. The lowest BCUT2D eigenvalue weighted by Gasteiger charge is -2.16. The first kappa shape index (κ1) is 17.2. The zero-order valence-electron chi connectivity index (χ0n) is 15.1. The molecule has 0 unspecified atom stereocenters. The summed E-state index contributed by atoms with van der Waals surface area (Å²) >= 11 is 0. The Labute approximate surface area is 162 Å². The Morgan fingerprint density at radius 2 is 1.79 bits per heavy atom. The SMILES string of the molecule is O=C1Nc2ccc(S(=O)(=O)N3CCCC3)cc2C1=Cc1cc2ccccc2[nH]1. The third-order valence-electron chi connectivity index (χ3n) is 5.33. The highest BCUT2D eigenvalue weighted by Gasteiger charge is 2.30. The third kappa shape index (κ3) is 2.75. The van der Waals surface area contributed by atoms with Gasteiger partial charge in [0.15, 0.2) is 0 Å². The molecule has 2 aliphatic rings. The van der Waals surface area contributed by atoms with Crippen LogP contribution in [0, 0.1) is 0 Å². The quantitative estimate of drug-likeness (QED) is 0.669. The molecule has 7 heteroatoms. The molecular weight excluding hydrogens is 374 g/mol. The first-order chi connectivity index (χ1) is 13.5. The molecular formula is C21H19N3O3S. The van der Waals surface area contributed by atoms with E-state index < -0.39 is 10.0 Å². The number of carbonyl (C=O) groups excluding carboxylic acids is 1. The number of carbonyl (C=O) groups is 1. The molecule has 3 aromatic rings. The van der Waals surface area contributed by atoms with Gasteiger partial charge in [-0.05, 0) is 54.6 Å². The number of aromatic nitrogens is 1. The van der Waals surface area contributed by atoms with Gasteiger partial charge in [-0.1, -0.05) is 18.2 Å². The molecule has 1 saturated heterocycles. The molecule has 0 spiro atoms. The highest BCUT2D eigenvalue weighted by molar-refractivity contribution is 7.89. The molecule has 1 amide bonds. The third-order valence-corrected chi connectivity index (χ3v) is 7.22. The van der Waals surface area contributed by atoms with Crippen LogP contribution in [0.2, 0.25) is 0 Å². The number of rotatable bonds is 3. The van der Waals surface area contributed by atoms with Crippen LogP contribution in [0.5, 0.6) is 0 Å². The minimum Gasteiger partial charge on any atom is -0.355 e. The van der Waals surface area contributed by atoms with Crippen molar-refractivity contribution in [3.8, 4) is 0 Å². The predicted molar refractivity (Wildman–Crippen MR) is 109 cm³/mol. The first-order valence-corrected chi connectivity index (χ1v) is 10.7. The van der Waals surface area contributed by atoms with Crippen molar-refractivity contribution in [3.05, 3.63) is 59.8 Å². The number of anilines is 1. The Morgan fingerprint density at radius 3 is 2.57 bits per heavy atom. The highest BCUT2D eigenvalue weighted by Crippen LogP contribution is 2.36. The van der Waals surface area contributed by atoms with Crippen molar-refractivity contribution in [1.29, 1.82) is 0 Å². The molecule has 0 atom stereocenters. The molecule has 0 aliphatic carbocycles. The molecule has 5 rings (SSSR count). The molecule has 6 nitrogen and oxygen atoms in total. The van der Waals surface area contributed by atoms with Crippen LogP contribution < -0.4 is 5.32 Å². The number of amides is 1. The van der Waals surface area contributed by atoms with Crippen molar-refractivity contribution in [3.63, 3.8) is 0 Å². The second-order valence-corrected chi connectivity index (χ2v) is 9.08. The fraction of sp³-hybridized carbons (Fsp3) is 0.190. The number of H-pyrrole nitrogens is 1. The number of sulfonamides is 1. The van der Waals surface area contributed by atoms with Crippen molar-refractivity contribution in [2.75, 3.05) is 18.4 Å². The van der Waals surface area contributed by atoms with E-state index in [9.17, 15) is 13.2 Å². The molecule has 2 aliphatic heterocycles. The van der Waals surface area contributed by atoms with E-state index in [1.807, 2.05) is 30.3 Å². The Hall–Kier alpha value is -2.90. The summed E-state index contributed by atoms with van der Waals surface area (Å²) < 4.78 is 27.3. The lowest BCUT2D eigenvalue weighted by molar-refractivity contribution is -0.110. The van der Waals surface area contributed by atoms with Crippen molar-refractivity contribution in [2.24, 2.45) is 0 Å². The van der Waals surface area contributed by atoms with Gasteiger partial charge in [0.05, 0.1) is 10.5 Å². The summed E-state index contributed by atoms with van der Waals surface area (Å²) in [5.41, 5.74) is 3.49. The fourth-order valence-corrected chi connectivity index (χ4v) is 5.42. The number of benzene rings is 2. The number of para-hydroxylation sites is 1. The van der Waals surface area contributed by atoms with E-state index in [4.69, 9.17) is 0 Å². The van der Waals surface area contributed by atoms with E-state index >= 15 is 0 Å². The molecule has 1 fully saturated rings. The van der Waals surface area contributed by atoms with Crippen LogP contribution in [-0.4, -0.2) is 36.7 Å². The smallest absolute Gasteiger partial charge is 0.256 e. The van der Waals surface area contributed by atoms with E-state index in [-0.39, 0.29) is 10.8 Å². The maximum atomic E-state index is 12.9. The Morgan fingerprint density at radius 1 is 1.00 bits per heavy atom. The number of nitrogens with one attached hydrogen (secondary N) is 2. The van der Waals surface area contributed by atoms with E-state index in [0.29, 0.717) is 29.9 Å². The van der Waals surface area contributed by atoms with Gasteiger partial charge in [-0.3, -0.25) is 4.79 Å². The Balaban J connectivity index is 1.58. The Kier molecular flexibility index (Phi) is 3.89. The number of aromatic amines is 1. The second-order valence-electron chi connectivity index (χ2n) is 7.14. The van der Waals surface area contributed by atoms with Crippen LogP contribution in [0.3, 0.4) is 0 Å². The van der Waals surface area contributed by atoms with Crippen molar-refractivity contribution in [2.45, 2.75) is 17.7 Å². The summed E-state index contributed by atoms with van der Waals surface area (Å²) in [6, 6.07) is 14.7. The maximum Gasteiger partial charge on any atom is 0.256 e. The summed E-state index contributed by atoms with van der Waals surface area (Å²) in [4.78, 5) is 16.0. The average molecular weight is 393 g/mol. The molecule has 3 heterocycles. The minimum absolute atomic E-state index is 0.229. The van der Waals surface area contributed by atoms with Gasteiger partial charge in [-0.2, -0.15) is 4.31 Å². The van der Waals surface area contributed by atoms with E-state index in [0.717, 1.165) is 29.4 Å². The molecule has 0 saturated carbocycles. The number of nitrogens with zero attached hydrogens (tertiary/aromatic N) is 1. The van der Waals surface area contributed by atoms with Crippen molar-refractivity contribution < 1.29 is 13.2 Å². The molecule has 142 valence electrons. The zero-order chi connectivity index (χ0) is 19.3. The van der Waals surface area contributed by atoms with Gasteiger partial charge >= 0.3 is 0 Å². The summed E-state index contributed by atoms with van der Waals surface area (Å²) in [7, 11) is -3.54. The molecule has 1 aromatic heterocycles. The summed E-state index contributed by atoms with van der Waals surface area (Å²) in [6.45, 7) is 1.10. The average Bonchev–Trinajstić information content (AvgIpc) is 3.41. The van der Waals surface area contributed by atoms with Gasteiger partial charge in [0, 0.05) is 35.6 Å². The van der Waals surface area contributed by atoms with Gasteiger partial charge in [0.25, 0.3) is 5.91 Å². The fourth-order valence-electron chi connectivity index (χ4n) is 3.88. The predicted octanol–water partition coefficient (Wildman–Crippen LogP) is 3.45. The maximum absolute atomic E-state index is 12.9. The zero-order valence-corrected chi connectivity index (χ0v) is 15.9. The van der Waals surface area contributed by atoms with E-state index in [2.05, 4.69) is 10.3 Å². The summed E-state index contributed by atoms with van der Waals surface area (Å²) in [6.07, 6.45) is 3.54. The second kappa shape index (κ2) is 6.32. The monoisotopic (exact) mass is 393 g/mol. The molecule has 2 N–H and O–H groups in total. The van der Waals surface area contributed by atoms with Gasteiger partial charge < -0.3 is 10.3 Å². The normalized spacial score (nSPS) is 18.7. The van der Waals surface area contributed by atoms with Crippen LogP contribution in [0.4, 0.5) is 5.69 Å². The van der Waals surface area contributed by atoms with Crippen LogP contribution in [0.25, 0.3) is 22.6 Å². The molecule has 0 bridgehead atoms. The van der Waals surface area contributed by atoms with E-state index in [1.54, 1.807) is 24.3 Å². The van der Waals surface area contributed by atoms with Crippen LogP contribution in [0.1, 0.15) is 24.1 Å². The van der Waals surface area contributed by atoms with Gasteiger partial charge in [0.2, 0.25) is 10.0 Å². The summed E-state index contributed by atoms with van der Waals surface area (Å²) in [5, 5.41) is 3.87. The van der Waals surface area contributed by atoms with Crippen LogP contribution in [0.15, 0.2) is 53.4 Å². The first-order valence-electron chi connectivity index (χ1n) is 9.28. The van der Waals surface area contributed by atoms with Gasteiger partial charge in [-0.15, -0.1) is 0 Å². The van der Waals surface area contributed by atoms with Crippen LogP contribution >= 0.6 is 0 Å². The van der Waals surface area contributed by atoms with Crippen molar-refractivity contribution in [1.82, 2.24) is 9.29 Å². The van der Waals surface area contributed by atoms with Crippen molar-refractivity contribution >= 4 is 44.2 Å². The van der Waals surface area contributed by atoms with Gasteiger partial charge in [-0.25, -0.2) is 8.42 Å². The Bertz CT molecular complexity index is 1200. The van der Waals surface area contributed by atoms with Crippen LogP contribution in [-0.2, 0) is 14.8 Å². The lowest BCUT2D eigenvalue weighted by atomic mass is 10.1.